The number of aromatic nitrogens is 1. The van der Waals surface area contributed by atoms with Gasteiger partial charge in [-0.1, -0.05) is 6.07 Å². The molecule has 0 radical (unpaired) electrons. The molecule has 1 aromatic heterocycles. The van der Waals surface area contributed by atoms with Crippen LogP contribution >= 0.6 is 0 Å². The second-order valence-electron chi connectivity index (χ2n) is 4.01. The van der Waals surface area contributed by atoms with E-state index < -0.39 is 0 Å². The third-order valence-electron chi connectivity index (χ3n) is 2.64. The molecule has 3 nitrogen and oxygen atoms in total. The molecule has 0 aliphatic rings. The minimum absolute atomic E-state index is 0.246. The summed E-state index contributed by atoms with van der Waals surface area (Å²) in [7, 11) is 0. The van der Waals surface area contributed by atoms with Crippen LogP contribution in [0.5, 0.6) is 5.75 Å². The van der Waals surface area contributed by atoms with Crippen LogP contribution < -0.4 is 10.5 Å². The van der Waals surface area contributed by atoms with Crippen LogP contribution in [-0.4, -0.2) is 11.5 Å². The highest BCUT2D eigenvalue weighted by Crippen LogP contribution is 2.22. The predicted molar refractivity (Wildman–Crippen MR) is 67.8 cm³/mol. The topological polar surface area (TPSA) is 48.1 Å². The molecule has 4 heteroatoms. The molecule has 2 N–H and O–H groups in total. The molecule has 1 aromatic carbocycles. The number of hydrogen-bond acceptors (Lipinski definition) is 3. The summed E-state index contributed by atoms with van der Waals surface area (Å²) < 4.78 is 18.9. The van der Waals surface area contributed by atoms with Crippen LogP contribution in [0.25, 0.3) is 0 Å². The van der Waals surface area contributed by atoms with Gasteiger partial charge in [-0.25, -0.2) is 4.39 Å². The van der Waals surface area contributed by atoms with Crippen LogP contribution in [0.15, 0.2) is 42.6 Å². The Bertz CT molecular complexity index is 516. The van der Waals surface area contributed by atoms with Crippen molar-refractivity contribution in [1.29, 1.82) is 0 Å². The van der Waals surface area contributed by atoms with Gasteiger partial charge in [0.05, 0.1) is 5.69 Å². The number of aryl methyl sites for hydroxylation is 1. The van der Waals surface area contributed by atoms with E-state index in [2.05, 4.69) is 4.98 Å². The Balaban J connectivity index is 2.18. The zero-order chi connectivity index (χ0) is 13.0. The van der Waals surface area contributed by atoms with E-state index in [1.807, 2.05) is 18.2 Å². The van der Waals surface area contributed by atoms with Gasteiger partial charge in [0, 0.05) is 12.7 Å². The Kier molecular flexibility index (Phi) is 3.89. The summed E-state index contributed by atoms with van der Waals surface area (Å²) in [6, 6.07) is 10.2. The molecular weight excluding hydrogens is 231 g/mol. The van der Waals surface area contributed by atoms with Gasteiger partial charge < -0.3 is 10.5 Å². The Morgan fingerprint density at radius 2 is 2.17 bits per heavy atom. The molecule has 2 aromatic rings. The Labute approximate surface area is 105 Å². The number of rotatable bonds is 4. The van der Waals surface area contributed by atoms with E-state index in [0.717, 1.165) is 5.69 Å². The molecule has 0 amide bonds. The molecule has 0 aliphatic carbocycles. The fourth-order valence-electron chi connectivity index (χ4n) is 1.65. The van der Waals surface area contributed by atoms with Gasteiger partial charge in [0.1, 0.15) is 11.6 Å². The fraction of sp³-hybridized carbons (Fsp3) is 0.214. The molecule has 1 heterocycles. The monoisotopic (exact) mass is 246 g/mol. The first-order chi connectivity index (χ1) is 8.70. The van der Waals surface area contributed by atoms with Crippen LogP contribution in [0.4, 0.5) is 4.39 Å². The van der Waals surface area contributed by atoms with E-state index in [-0.39, 0.29) is 11.9 Å². The normalized spacial score (nSPS) is 12.2. The number of pyridine rings is 1. The molecule has 0 aliphatic heterocycles. The van der Waals surface area contributed by atoms with E-state index >= 15 is 0 Å². The lowest BCUT2D eigenvalue weighted by molar-refractivity contribution is 0.209. The van der Waals surface area contributed by atoms with Crippen LogP contribution in [0.2, 0.25) is 0 Å². The maximum Gasteiger partial charge on any atom is 0.153 e. The highest BCUT2D eigenvalue weighted by Gasteiger charge is 2.13. The van der Waals surface area contributed by atoms with E-state index in [1.54, 1.807) is 25.3 Å². The molecule has 1 unspecified atom stereocenters. The first-order valence-corrected chi connectivity index (χ1v) is 5.74. The van der Waals surface area contributed by atoms with Gasteiger partial charge in [-0.05, 0) is 42.8 Å². The molecule has 18 heavy (non-hydrogen) atoms. The summed E-state index contributed by atoms with van der Waals surface area (Å²) in [6.07, 6.45) is 1.37. The molecule has 0 bridgehead atoms. The van der Waals surface area contributed by atoms with Crippen LogP contribution in [0.3, 0.4) is 0 Å². The smallest absolute Gasteiger partial charge is 0.153 e. The summed E-state index contributed by atoms with van der Waals surface area (Å²) >= 11 is 0. The van der Waals surface area contributed by atoms with Gasteiger partial charge in [0.25, 0.3) is 0 Å². The summed E-state index contributed by atoms with van der Waals surface area (Å²) in [5.74, 6) is 0.347. The lowest BCUT2D eigenvalue weighted by atomic mass is 10.2. The van der Waals surface area contributed by atoms with Crippen LogP contribution in [-0.2, 0) is 0 Å². The first-order valence-electron chi connectivity index (χ1n) is 5.74. The molecule has 94 valence electrons. The number of hydrogen-bond donors (Lipinski definition) is 1. The summed E-state index contributed by atoms with van der Waals surface area (Å²) in [6.45, 7) is 2.01. The lowest BCUT2D eigenvalue weighted by Crippen LogP contribution is -2.19. The minimum atomic E-state index is -0.323. The van der Waals surface area contributed by atoms with Crippen molar-refractivity contribution in [1.82, 2.24) is 4.98 Å². The van der Waals surface area contributed by atoms with Crippen molar-refractivity contribution in [2.24, 2.45) is 5.73 Å². The van der Waals surface area contributed by atoms with Gasteiger partial charge in [0.2, 0.25) is 0 Å². The SMILES string of the molecule is Cc1cc(OC(CN)c2ccccn2)ccc1F. The molecule has 0 saturated carbocycles. The summed E-state index contributed by atoms with van der Waals surface area (Å²) in [5.41, 5.74) is 6.99. The average molecular weight is 246 g/mol. The van der Waals surface area contributed by atoms with Crippen molar-refractivity contribution < 1.29 is 9.13 Å². The lowest BCUT2D eigenvalue weighted by Gasteiger charge is -2.17. The number of nitrogens with zero attached hydrogens (tertiary/aromatic N) is 1. The standard InChI is InChI=1S/C14H15FN2O/c1-10-8-11(5-6-12(10)15)18-14(9-16)13-4-2-3-7-17-13/h2-8,14H,9,16H2,1H3. The fourth-order valence-corrected chi connectivity index (χ4v) is 1.65. The third-order valence-corrected chi connectivity index (χ3v) is 2.64. The maximum absolute atomic E-state index is 13.1. The van der Waals surface area contributed by atoms with Gasteiger partial charge in [-0.2, -0.15) is 0 Å². The number of nitrogens with two attached hydrogens (primary N) is 1. The molecule has 1 atom stereocenters. The molecule has 0 saturated heterocycles. The molecule has 2 rings (SSSR count). The van der Waals surface area contributed by atoms with E-state index in [4.69, 9.17) is 10.5 Å². The number of halogens is 1. The predicted octanol–water partition coefficient (Wildman–Crippen LogP) is 2.61. The van der Waals surface area contributed by atoms with Crippen LogP contribution in [0.1, 0.15) is 17.4 Å². The zero-order valence-electron chi connectivity index (χ0n) is 10.1. The molecule has 0 spiro atoms. The second-order valence-corrected chi connectivity index (χ2v) is 4.01. The Hall–Kier alpha value is -1.94. The average Bonchev–Trinajstić information content (AvgIpc) is 2.41. The van der Waals surface area contributed by atoms with Crippen molar-refractivity contribution in [3.8, 4) is 5.75 Å². The Morgan fingerprint density at radius 3 is 2.78 bits per heavy atom. The second kappa shape index (κ2) is 5.60. The van der Waals surface area contributed by atoms with E-state index in [0.29, 0.717) is 17.9 Å². The van der Waals surface area contributed by atoms with Gasteiger partial charge in [-0.3, -0.25) is 4.98 Å². The third kappa shape index (κ3) is 2.84. The van der Waals surface area contributed by atoms with Crippen LogP contribution in [0, 0.1) is 12.7 Å². The van der Waals surface area contributed by atoms with E-state index in [9.17, 15) is 4.39 Å². The van der Waals surface area contributed by atoms with Gasteiger partial charge in [-0.15, -0.1) is 0 Å². The largest absolute Gasteiger partial charge is 0.483 e. The summed E-state index contributed by atoms with van der Waals surface area (Å²) in [5, 5.41) is 0. The highest BCUT2D eigenvalue weighted by atomic mass is 19.1. The Morgan fingerprint density at radius 1 is 1.33 bits per heavy atom. The summed E-state index contributed by atoms with van der Waals surface area (Å²) in [4.78, 5) is 4.21. The number of benzene rings is 1. The minimum Gasteiger partial charge on any atom is -0.483 e. The van der Waals surface area contributed by atoms with Crippen molar-refractivity contribution >= 4 is 0 Å². The van der Waals surface area contributed by atoms with Crippen molar-refractivity contribution in [2.45, 2.75) is 13.0 Å². The highest BCUT2D eigenvalue weighted by molar-refractivity contribution is 5.29. The number of ether oxygens (including phenoxy) is 1. The quantitative estimate of drug-likeness (QED) is 0.902. The van der Waals surface area contributed by atoms with E-state index in [1.165, 1.54) is 6.07 Å². The van der Waals surface area contributed by atoms with Gasteiger partial charge >= 0.3 is 0 Å². The van der Waals surface area contributed by atoms with Crippen molar-refractivity contribution in [3.63, 3.8) is 0 Å². The van der Waals surface area contributed by atoms with Crippen molar-refractivity contribution in [3.05, 3.63) is 59.7 Å². The zero-order valence-corrected chi connectivity index (χ0v) is 10.1. The van der Waals surface area contributed by atoms with Crippen molar-refractivity contribution in [2.75, 3.05) is 6.54 Å². The maximum atomic E-state index is 13.1. The van der Waals surface area contributed by atoms with Gasteiger partial charge in [0.15, 0.2) is 6.10 Å². The molecular formula is C14H15FN2O. The molecule has 0 fully saturated rings. The first kappa shape index (κ1) is 12.5.